The van der Waals surface area contributed by atoms with Crippen LogP contribution in [0, 0.1) is 17.0 Å². The van der Waals surface area contributed by atoms with Crippen LogP contribution in [0.5, 0.6) is 5.75 Å². The van der Waals surface area contributed by atoms with Crippen LogP contribution in [0.25, 0.3) is 10.9 Å². The number of aromatic amines is 1. The van der Waals surface area contributed by atoms with E-state index in [-0.39, 0.29) is 34.0 Å². The minimum atomic E-state index is -0.742. The van der Waals surface area contributed by atoms with Crippen LogP contribution >= 0.6 is 11.6 Å². The Bertz CT molecular complexity index is 1510. The summed E-state index contributed by atoms with van der Waals surface area (Å²) in [4.78, 5) is 38.4. The molecule has 3 aromatic carbocycles. The van der Waals surface area contributed by atoms with Gasteiger partial charge in [0.25, 0.3) is 5.56 Å². The number of para-hydroxylation sites is 1. The molecule has 4 rings (SSSR count). The Morgan fingerprint density at radius 3 is 2.61 bits per heavy atom. The van der Waals surface area contributed by atoms with Crippen LogP contribution in [0.15, 0.2) is 75.4 Å². The van der Waals surface area contributed by atoms with Gasteiger partial charge in [-0.05, 0) is 30.7 Å². The van der Waals surface area contributed by atoms with Crippen molar-refractivity contribution in [3.05, 3.63) is 113 Å². The zero-order valence-electron chi connectivity index (χ0n) is 17.3. The maximum Gasteiger partial charge on any atom is 0.349 e. The molecule has 0 radical (unpaired) electrons. The molecule has 0 amide bonds. The standard InChI is InChI=1S/C23H17ClN4O5/c1-14-6-8-15(9-7-14)13-33-21-18(24)10-16(11-20(21)28(31)32)12-25-27-22(29)17-4-2-3-5-19(17)26-23(27)30/h2-12H,13H2,1H3,(H,26,30). The Hall–Kier alpha value is -4.24. The fraction of sp³-hybridized carbons (Fsp3) is 0.0870. The number of hydrogen-bond acceptors (Lipinski definition) is 6. The third kappa shape index (κ3) is 4.68. The lowest BCUT2D eigenvalue weighted by Gasteiger charge is -2.10. The highest BCUT2D eigenvalue weighted by Crippen LogP contribution is 2.36. The second-order valence-corrected chi connectivity index (χ2v) is 7.63. The lowest BCUT2D eigenvalue weighted by molar-refractivity contribution is -0.385. The van der Waals surface area contributed by atoms with E-state index >= 15 is 0 Å². The highest BCUT2D eigenvalue weighted by atomic mass is 35.5. The number of fused-ring (bicyclic) bond motifs is 1. The molecule has 33 heavy (non-hydrogen) atoms. The molecule has 4 aromatic rings. The average molecular weight is 465 g/mol. The van der Waals surface area contributed by atoms with E-state index in [1.54, 1.807) is 24.3 Å². The number of nitrogens with zero attached hydrogens (tertiary/aromatic N) is 3. The quantitative estimate of drug-likeness (QED) is 0.262. The molecule has 1 heterocycles. The number of hydrogen-bond donors (Lipinski definition) is 1. The maximum absolute atomic E-state index is 12.6. The summed E-state index contributed by atoms with van der Waals surface area (Å²) in [6, 6.07) is 16.7. The second-order valence-electron chi connectivity index (χ2n) is 7.22. The van der Waals surface area contributed by atoms with Gasteiger partial charge in [-0.3, -0.25) is 14.9 Å². The number of benzene rings is 3. The molecule has 0 fully saturated rings. The number of halogens is 1. The third-order valence-corrected chi connectivity index (χ3v) is 5.13. The lowest BCUT2D eigenvalue weighted by Crippen LogP contribution is -2.32. The molecular weight excluding hydrogens is 448 g/mol. The molecule has 0 saturated heterocycles. The van der Waals surface area contributed by atoms with Crippen molar-refractivity contribution in [3.63, 3.8) is 0 Å². The van der Waals surface area contributed by atoms with E-state index in [0.29, 0.717) is 10.2 Å². The first-order valence-electron chi connectivity index (χ1n) is 9.78. The van der Waals surface area contributed by atoms with Gasteiger partial charge in [-0.2, -0.15) is 5.10 Å². The molecule has 0 aliphatic heterocycles. The van der Waals surface area contributed by atoms with Crippen LogP contribution in [-0.2, 0) is 6.61 Å². The van der Waals surface area contributed by atoms with E-state index in [1.165, 1.54) is 12.1 Å². The van der Waals surface area contributed by atoms with E-state index in [2.05, 4.69) is 10.1 Å². The Morgan fingerprint density at radius 1 is 1.15 bits per heavy atom. The summed E-state index contributed by atoms with van der Waals surface area (Å²) < 4.78 is 6.27. The highest BCUT2D eigenvalue weighted by Gasteiger charge is 2.20. The number of H-pyrrole nitrogens is 1. The average Bonchev–Trinajstić information content (AvgIpc) is 2.79. The van der Waals surface area contributed by atoms with Crippen LogP contribution in [0.1, 0.15) is 16.7 Å². The molecule has 0 aliphatic rings. The van der Waals surface area contributed by atoms with Crippen molar-refractivity contribution in [2.75, 3.05) is 0 Å². The fourth-order valence-corrected chi connectivity index (χ4v) is 3.45. The zero-order chi connectivity index (χ0) is 23.5. The molecule has 0 saturated carbocycles. The monoisotopic (exact) mass is 464 g/mol. The summed E-state index contributed by atoms with van der Waals surface area (Å²) >= 11 is 6.26. The molecule has 166 valence electrons. The Balaban J connectivity index is 1.67. The highest BCUT2D eigenvalue weighted by molar-refractivity contribution is 6.32. The van der Waals surface area contributed by atoms with Gasteiger partial charge in [0.2, 0.25) is 5.75 Å². The summed E-state index contributed by atoms with van der Waals surface area (Å²) in [5, 5.41) is 15.8. The summed E-state index contributed by atoms with van der Waals surface area (Å²) in [7, 11) is 0. The molecule has 0 bridgehead atoms. The van der Waals surface area contributed by atoms with E-state index in [9.17, 15) is 19.7 Å². The van der Waals surface area contributed by atoms with Gasteiger partial charge in [-0.15, -0.1) is 4.68 Å². The number of rotatable bonds is 6. The first-order valence-corrected chi connectivity index (χ1v) is 10.2. The third-order valence-electron chi connectivity index (χ3n) is 4.85. The minimum absolute atomic E-state index is 0.00229. The van der Waals surface area contributed by atoms with Crippen LogP contribution in [0.3, 0.4) is 0 Å². The summed E-state index contributed by atoms with van der Waals surface area (Å²) in [6.07, 6.45) is 1.15. The predicted molar refractivity (Wildman–Crippen MR) is 125 cm³/mol. The van der Waals surface area contributed by atoms with Crippen LogP contribution in [-0.4, -0.2) is 20.8 Å². The van der Waals surface area contributed by atoms with Crippen molar-refractivity contribution in [2.24, 2.45) is 5.10 Å². The van der Waals surface area contributed by atoms with Gasteiger partial charge in [0.15, 0.2) is 0 Å². The molecule has 9 nitrogen and oxygen atoms in total. The van der Waals surface area contributed by atoms with Gasteiger partial charge in [0.05, 0.1) is 27.1 Å². The number of aromatic nitrogens is 2. The minimum Gasteiger partial charge on any atom is -0.481 e. The van der Waals surface area contributed by atoms with Crippen molar-refractivity contribution in [3.8, 4) is 5.75 Å². The molecule has 0 atom stereocenters. The predicted octanol–water partition coefficient (Wildman–Crippen LogP) is 4.02. The summed E-state index contributed by atoms with van der Waals surface area (Å²) in [5.74, 6) is -0.0832. The van der Waals surface area contributed by atoms with Gasteiger partial charge in [-0.1, -0.05) is 53.6 Å². The molecule has 0 unspecified atom stereocenters. The zero-order valence-corrected chi connectivity index (χ0v) is 18.1. The van der Waals surface area contributed by atoms with Gasteiger partial charge >= 0.3 is 11.4 Å². The molecule has 1 aromatic heterocycles. The Labute approximate surface area is 191 Å². The topological polar surface area (TPSA) is 120 Å². The molecule has 0 aliphatic carbocycles. The van der Waals surface area contributed by atoms with Crippen molar-refractivity contribution < 1.29 is 9.66 Å². The lowest BCUT2D eigenvalue weighted by atomic mass is 10.1. The van der Waals surface area contributed by atoms with Crippen LogP contribution < -0.4 is 16.0 Å². The van der Waals surface area contributed by atoms with E-state index in [1.807, 2.05) is 31.2 Å². The number of aryl methyl sites for hydroxylation is 1. The molecule has 0 spiro atoms. The van der Waals surface area contributed by atoms with Crippen LogP contribution in [0.2, 0.25) is 5.02 Å². The van der Waals surface area contributed by atoms with Crippen molar-refractivity contribution in [1.82, 2.24) is 9.66 Å². The first-order chi connectivity index (χ1) is 15.8. The normalized spacial score (nSPS) is 11.2. The van der Waals surface area contributed by atoms with Gasteiger partial charge in [0, 0.05) is 11.6 Å². The summed E-state index contributed by atoms with van der Waals surface area (Å²) in [5.41, 5.74) is 0.775. The Kier molecular flexibility index (Phi) is 6.05. The van der Waals surface area contributed by atoms with Crippen LogP contribution in [0.4, 0.5) is 5.69 Å². The van der Waals surface area contributed by atoms with Crippen molar-refractivity contribution in [2.45, 2.75) is 13.5 Å². The number of nitro benzene ring substituents is 1. The Morgan fingerprint density at radius 2 is 1.88 bits per heavy atom. The largest absolute Gasteiger partial charge is 0.481 e. The van der Waals surface area contributed by atoms with Gasteiger partial charge in [-0.25, -0.2) is 4.79 Å². The first kappa shape index (κ1) is 22.0. The SMILES string of the molecule is Cc1ccc(COc2c(Cl)cc(C=Nn3c(=O)[nH]c4ccccc4c3=O)cc2[N+](=O)[O-])cc1. The van der Waals surface area contributed by atoms with E-state index in [0.717, 1.165) is 17.3 Å². The number of ether oxygens (including phenoxy) is 1. The molecule has 1 N–H and O–H groups in total. The molecular formula is C23H17ClN4O5. The van der Waals surface area contributed by atoms with E-state index < -0.39 is 16.2 Å². The van der Waals surface area contributed by atoms with Crippen molar-refractivity contribution >= 4 is 34.4 Å². The van der Waals surface area contributed by atoms with Gasteiger partial charge in [0.1, 0.15) is 6.61 Å². The van der Waals surface area contributed by atoms with Gasteiger partial charge < -0.3 is 9.72 Å². The number of nitro groups is 1. The molecule has 10 heteroatoms. The smallest absolute Gasteiger partial charge is 0.349 e. The van der Waals surface area contributed by atoms with E-state index in [4.69, 9.17) is 16.3 Å². The summed E-state index contributed by atoms with van der Waals surface area (Å²) in [6.45, 7) is 2.04. The number of nitrogens with one attached hydrogen (secondary N) is 1. The maximum atomic E-state index is 12.6. The fourth-order valence-electron chi connectivity index (χ4n) is 3.17. The van der Waals surface area contributed by atoms with Crippen molar-refractivity contribution in [1.29, 1.82) is 0 Å². The second kappa shape index (κ2) is 9.09.